The summed E-state index contributed by atoms with van der Waals surface area (Å²) in [4.78, 5) is 23.8. The lowest BCUT2D eigenvalue weighted by Crippen LogP contribution is -2.37. The van der Waals surface area contributed by atoms with Crippen molar-refractivity contribution in [1.29, 1.82) is 0 Å². The van der Waals surface area contributed by atoms with E-state index in [9.17, 15) is 9.59 Å². The Morgan fingerprint density at radius 1 is 0.857 bits per heavy atom. The number of benzene rings is 3. The molecule has 0 aliphatic rings. The van der Waals surface area contributed by atoms with Crippen LogP contribution in [0, 0.1) is 0 Å². The molecule has 2 N–H and O–H groups in total. The summed E-state index contributed by atoms with van der Waals surface area (Å²) < 4.78 is 5.79. The number of amides is 2. The number of hydrogen-bond donors (Lipinski definition) is 2. The molecule has 0 radical (unpaired) electrons. The molecule has 6 heteroatoms. The van der Waals surface area contributed by atoms with Gasteiger partial charge in [-0.05, 0) is 29.8 Å². The van der Waals surface area contributed by atoms with Crippen LogP contribution in [0.4, 0.5) is 5.69 Å². The van der Waals surface area contributed by atoms with E-state index >= 15 is 0 Å². The number of carbonyl (C=O) groups is 2. The number of halogens is 1. The fourth-order valence-corrected chi connectivity index (χ4v) is 2.80. The molecule has 3 aromatic carbocycles. The Morgan fingerprint density at radius 3 is 2.39 bits per heavy atom. The van der Waals surface area contributed by atoms with Gasteiger partial charge in [0.2, 0.25) is 0 Å². The maximum atomic E-state index is 11.9. The Hall–Kier alpha value is -3.31. The smallest absolute Gasteiger partial charge is 0.313 e. The third-order valence-electron chi connectivity index (χ3n) is 3.91. The predicted molar refractivity (Wildman–Crippen MR) is 110 cm³/mol. The molecular formula is C22H19ClN2O3. The van der Waals surface area contributed by atoms with Crippen molar-refractivity contribution < 1.29 is 14.3 Å². The van der Waals surface area contributed by atoms with Gasteiger partial charge in [-0.15, -0.1) is 0 Å². The van der Waals surface area contributed by atoms with E-state index in [-0.39, 0.29) is 13.2 Å². The van der Waals surface area contributed by atoms with Crippen molar-refractivity contribution in [3.05, 3.63) is 83.9 Å². The topological polar surface area (TPSA) is 67.4 Å². The number of rotatable bonds is 6. The summed E-state index contributed by atoms with van der Waals surface area (Å²) in [6, 6.07) is 24.2. The van der Waals surface area contributed by atoms with Crippen LogP contribution in [0.15, 0.2) is 78.9 Å². The standard InChI is InChI=1S/C22H19ClN2O3/c23-17-9-6-10-18(15-17)25-22(27)21(26)24-13-14-28-20-12-5-4-11-19(20)16-7-2-1-3-8-16/h1-12,15H,13-14H2,(H,24,26)(H,25,27). The van der Waals surface area contributed by atoms with Crippen molar-refractivity contribution >= 4 is 29.1 Å². The van der Waals surface area contributed by atoms with E-state index in [1.54, 1.807) is 24.3 Å². The van der Waals surface area contributed by atoms with Gasteiger partial charge in [0.25, 0.3) is 0 Å². The Bertz CT molecular complexity index is 961. The summed E-state index contributed by atoms with van der Waals surface area (Å²) in [6.45, 7) is 0.435. The zero-order chi connectivity index (χ0) is 19.8. The molecule has 0 unspecified atom stereocenters. The fourth-order valence-electron chi connectivity index (χ4n) is 2.61. The van der Waals surface area contributed by atoms with Crippen LogP contribution in [0.25, 0.3) is 11.1 Å². The van der Waals surface area contributed by atoms with Crippen LogP contribution in [0.3, 0.4) is 0 Å². The van der Waals surface area contributed by atoms with E-state index in [1.165, 1.54) is 0 Å². The summed E-state index contributed by atoms with van der Waals surface area (Å²) in [5, 5.41) is 5.51. The molecule has 3 aromatic rings. The van der Waals surface area contributed by atoms with Gasteiger partial charge in [-0.25, -0.2) is 0 Å². The average Bonchev–Trinajstić information content (AvgIpc) is 2.72. The Labute approximate surface area is 168 Å². The minimum Gasteiger partial charge on any atom is -0.491 e. The molecule has 0 aliphatic heterocycles. The summed E-state index contributed by atoms with van der Waals surface area (Å²) >= 11 is 5.86. The third-order valence-corrected chi connectivity index (χ3v) is 4.14. The van der Waals surface area contributed by atoms with Gasteiger partial charge in [0.05, 0.1) is 6.54 Å². The first kappa shape index (κ1) is 19.5. The van der Waals surface area contributed by atoms with E-state index in [0.717, 1.165) is 11.1 Å². The lowest BCUT2D eigenvalue weighted by Gasteiger charge is -2.12. The highest BCUT2D eigenvalue weighted by atomic mass is 35.5. The lowest BCUT2D eigenvalue weighted by molar-refractivity contribution is -0.136. The highest BCUT2D eigenvalue weighted by Crippen LogP contribution is 2.29. The zero-order valence-corrected chi connectivity index (χ0v) is 15.8. The molecule has 5 nitrogen and oxygen atoms in total. The van der Waals surface area contributed by atoms with Crippen LogP contribution >= 0.6 is 11.6 Å². The molecule has 0 aromatic heterocycles. The Morgan fingerprint density at radius 2 is 1.61 bits per heavy atom. The van der Waals surface area contributed by atoms with Crippen LogP contribution in [0.2, 0.25) is 5.02 Å². The van der Waals surface area contributed by atoms with E-state index in [4.69, 9.17) is 16.3 Å². The SMILES string of the molecule is O=C(NCCOc1ccccc1-c1ccccc1)C(=O)Nc1cccc(Cl)c1. The van der Waals surface area contributed by atoms with Crippen LogP contribution in [-0.2, 0) is 9.59 Å². The number of hydrogen-bond acceptors (Lipinski definition) is 3. The summed E-state index contributed by atoms with van der Waals surface area (Å²) in [6.07, 6.45) is 0. The largest absolute Gasteiger partial charge is 0.491 e. The molecule has 2 amide bonds. The molecule has 3 rings (SSSR count). The van der Waals surface area contributed by atoms with Gasteiger partial charge >= 0.3 is 11.8 Å². The Balaban J connectivity index is 1.50. The van der Waals surface area contributed by atoms with Gasteiger partial charge in [0.1, 0.15) is 12.4 Å². The van der Waals surface area contributed by atoms with Gasteiger partial charge < -0.3 is 15.4 Å². The maximum Gasteiger partial charge on any atom is 0.313 e. The molecule has 0 fully saturated rings. The lowest BCUT2D eigenvalue weighted by atomic mass is 10.1. The number of anilines is 1. The fraction of sp³-hybridized carbons (Fsp3) is 0.0909. The summed E-state index contributed by atoms with van der Waals surface area (Å²) in [5.41, 5.74) is 2.47. The zero-order valence-electron chi connectivity index (χ0n) is 15.0. The molecular weight excluding hydrogens is 376 g/mol. The highest BCUT2D eigenvalue weighted by Gasteiger charge is 2.13. The highest BCUT2D eigenvalue weighted by molar-refractivity contribution is 6.39. The van der Waals surface area contributed by atoms with Crippen molar-refractivity contribution in [2.45, 2.75) is 0 Å². The normalized spacial score (nSPS) is 10.2. The van der Waals surface area contributed by atoms with Crippen molar-refractivity contribution in [2.24, 2.45) is 0 Å². The predicted octanol–water partition coefficient (Wildman–Crippen LogP) is 4.14. The van der Waals surface area contributed by atoms with Gasteiger partial charge in [-0.2, -0.15) is 0 Å². The first-order chi connectivity index (χ1) is 13.6. The number of para-hydroxylation sites is 1. The molecule has 0 saturated carbocycles. The number of carbonyl (C=O) groups excluding carboxylic acids is 2. The minimum atomic E-state index is -0.757. The second-order valence-corrected chi connectivity index (χ2v) is 6.37. The molecule has 0 heterocycles. The quantitative estimate of drug-likeness (QED) is 0.487. The molecule has 28 heavy (non-hydrogen) atoms. The maximum absolute atomic E-state index is 11.9. The van der Waals surface area contributed by atoms with Gasteiger partial charge in [-0.1, -0.05) is 66.2 Å². The number of ether oxygens (including phenoxy) is 1. The molecule has 0 atom stereocenters. The van der Waals surface area contributed by atoms with Crippen molar-refractivity contribution in [1.82, 2.24) is 5.32 Å². The Kier molecular flexibility index (Phi) is 6.65. The van der Waals surface area contributed by atoms with E-state index in [2.05, 4.69) is 10.6 Å². The van der Waals surface area contributed by atoms with Crippen molar-refractivity contribution in [3.8, 4) is 16.9 Å². The average molecular weight is 395 g/mol. The van der Waals surface area contributed by atoms with Gasteiger partial charge in [0, 0.05) is 16.3 Å². The minimum absolute atomic E-state index is 0.199. The van der Waals surface area contributed by atoms with E-state index in [1.807, 2.05) is 54.6 Å². The van der Waals surface area contributed by atoms with Crippen LogP contribution in [-0.4, -0.2) is 25.0 Å². The second-order valence-electron chi connectivity index (χ2n) is 5.93. The summed E-state index contributed by atoms with van der Waals surface area (Å²) in [7, 11) is 0. The monoisotopic (exact) mass is 394 g/mol. The molecule has 0 aliphatic carbocycles. The first-order valence-electron chi connectivity index (χ1n) is 8.75. The second kappa shape index (κ2) is 9.58. The van der Waals surface area contributed by atoms with Crippen LogP contribution in [0.5, 0.6) is 5.75 Å². The van der Waals surface area contributed by atoms with Crippen LogP contribution < -0.4 is 15.4 Å². The third kappa shape index (κ3) is 5.34. The van der Waals surface area contributed by atoms with E-state index in [0.29, 0.717) is 16.5 Å². The van der Waals surface area contributed by atoms with Gasteiger partial charge in [0.15, 0.2) is 0 Å². The first-order valence-corrected chi connectivity index (χ1v) is 9.13. The molecule has 142 valence electrons. The van der Waals surface area contributed by atoms with Crippen molar-refractivity contribution in [3.63, 3.8) is 0 Å². The number of nitrogens with one attached hydrogen (secondary N) is 2. The van der Waals surface area contributed by atoms with Crippen molar-refractivity contribution in [2.75, 3.05) is 18.5 Å². The van der Waals surface area contributed by atoms with E-state index < -0.39 is 11.8 Å². The van der Waals surface area contributed by atoms with Gasteiger partial charge in [-0.3, -0.25) is 9.59 Å². The summed E-state index contributed by atoms with van der Waals surface area (Å²) in [5.74, 6) is -0.779. The van der Waals surface area contributed by atoms with Crippen LogP contribution in [0.1, 0.15) is 0 Å². The molecule has 0 spiro atoms. The molecule has 0 bridgehead atoms. The molecule has 0 saturated heterocycles.